The number of nitrogens with zero attached hydrogens (tertiary/aromatic N) is 1. The van der Waals surface area contributed by atoms with Crippen molar-refractivity contribution < 1.29 is 24.1 Å². The number of ether oxygens (including phenoxy) is 1. The van der Waals surface area contributed by atoms with Gasteiger partial charge in [-0.15, -0.1) is 0 Å². The Balaban J connectivity index is 2.21. The molecule has 0 saturated heterocycles. The number of benzene rings is 2. The van der Waals surface area contributed by atoms with Crippen molar-refractivity contribution in [3.8, 4) is 0 Å². The van der Waals surface area contributed by atoms with Gasteiger partial charge in [0.25, 0.3) is 0 Å². The number of rotatable bonds is 5. The first-order chi connectivity index (χ1) is 11.8. The molecule has 0 fully saturated rings. The second-order valence-corrected chi connectivity index (χ2v) is 6.97. The summed E-state index contributed by atoms with van der Waals surface area (Å²) in [4.78, 5) is 2.31. The molecule has 2 nitrogen and oxygen atoms in total. The van der Waals surface area contributed by atoms with Crippen molar-refractivity contribution in [1.82, 2.24) is 4.90 Å². The molecule has 1 atom stereocenters. The molecule has 0 spiro atoms. The fourth-order valence-corrected chi connectivity index (χ4v) is 3.92. The van der Waals surface area contributed by atoms with Crippen molar-refractivity contribution in [2.45, 2.75) is 12.8 Å². The van der Waals surface area contributed by atoms with Gasteiger partial charge in [0.15, 0.2) is 0 Å². The zero-order chi connectivity index (χ0) is 16.9. The average Bonchev–Trinajstić information content (AvgIpc) is 2.67. The summed E-state index contributed by atoms with van der Waals surface area (Å²) < 4.78 is 6.77. The summed E-state index contributed by atoms with van der Waals surface area (Å²) in [5, 5.41) is 0. The fraction of sp³-hybridized carbons (Fsp3) is 0.190. The molecule has 0 amide bonds. The molecular weight excluding hydrogens is 466 g/mol. The van der Waals surface area contributed by atoms with E-state index in [1.165, 1.54) is 41.8 Å². The van der Waals surface area contributed by atoms with Crippen LogP contribution in [0.25, 0.3) is 5.70 Å². The van der Waals surface area contributed by atoms with Crippen molar-refractivity contribution in [1.29, 1.82) is 0 Å². The Morgan fingerprint density at radius 3 is 2.25 bits per heavy atom. The van der Waals surface area contributed by atoms with Gasteiger partial charge in [-0.05, 0) is 0 Å². The molecule has 3 heteroatoms. The van der Waals surface area contributed by atoms with Gasteiger partial charge >= 0.3 is 155 Å². The topological polar surface area (TPSA) is 12.5 Å². The Morgan fingerprint density at radius 1 is 1.04 bits per heavy atom. The Morgan fingerprint density at radius 2 is 1.67 bits per heavy atom. The molecule has 0 bridgehead atoms. The predicted molar refractivity (Wildman–Crippen MR) is 96.1 cm³/mol. The molecule has 2 aromatic carbocycles. The predicted octanol–water partition coefficient (Wildman–Crippen LogP) is 4.35. The number of allylic oxidation sites excluding steroid dienone is 1. The number of methoxy groups -OCH3 is 1. The van der Waals surface area contributed by atoms with Crippen molar-refractivity contribution in [2.24, 2.45) is 0 Å². The van der Waals surface area contributed by atoms with Gasteiger partial charge in [-0.3, -0.25) is 0 Å². The van der Waals surface area contributed by atoms with Gasteiger partial charge in [-0.2, -0.15) is 0 Å². The molecule has 1 aliphatic heterocycles. The Labute approximate surface area is 154 Å². The van der Waals surface area contributed by atoms with Crippen molar-refractivity contribution >= 4 is 9.78 Å². The van der Waals surface area contributed by atoms with E-state index in [0.29, 0.717) is 0 Å². The quantitative estimate of drug-likeness (QED) is 0.622. The molecule has 24 heavy (non-hydrogen) atoms. The minimum atomic E-state index is 0.219. The van der Waals surface area contributed by atoms with Gasteiger partial charge in [-0.1, -0.05) is 0 Å². The van der Waals surface area contributed by atoms with Gasteiger partial charge in [0.1, 0.15) is 0 Å². The summed E-state index contributed by atoms with van der Waals surface area (Å²) in [5.74, 6) is 0.219. The van der Waals surface area contributed by atoms with Gasteiger partial charge in [0, 0.05) is 0 Å². The molecule has 0 aliphatic carbocycles. The van der Waals surface area contributed by atoms with Crippen LogP contribution in [0.4, 0.5) is 0 Å². The van der Waals surface area contributed by atoms with Crippen molar-refractivity contribution in [3.05, 3.63) is 89.6 Å². The molecule has 0 aromatic heterocycles. The van der Waals surface area contributed by atoms with Crippen LogP contribution in [0.3, 0.4) is 0 Å². The van der Waals surface area contributed by atoms with Gasteiger partial charge < -0.3 is 0 Å². The first kappa shape index (κ1) is 17.1. The summed E-state index contributed by atoms with van der Waals surface area (Å²) in [6.07, 6.45) is 4.49. The van der Waals surface area contributed by atoms with E-state index in [-0.39, 0.29) is 5.92 Å². The molecule has 122 valence electrons. The normalized spacial score (nSPS) is 17.2. The molecular formula is C21H21NOW. The van der Waals surface area contributed by atoms with E-state index in [9.17, 15) is 0 Å². The van der Waals surface area contributed by atoms with Crippen LogP contribution in [0.5, 0.6) is 0 Å². The SMILES string of the molecule is CCN1C=CC(c2ccccc2)C([C](=[W])OC)=C1c1ccccc1. The summed E-state index contributed by atoms with van der Waals surface area (Å²) in [6, 6.07) is 21.3. The summed E-state index contributed by atoms with van der Waals surface area (Å²) >= 11 is 1.35. The van der Waals surface area contributed by atoms with E-state index in [1.54, 1.807) is 7.11 Å². The monoisotopic (exact) mass is 487 g/mol. The molecule has 3 rings (SSSR count). The van der Waals surface area contributed by atoms with Crippen LogP contribution in [-0.4, -0.2) is 22.6 Å². The standard InChI is InChI=1S/C21H21NO.W/c1-3-22-15-14-19(17-10-6-4-7-11-17)20(16-23-2)21(22)18-12-8-5-9-13-18;/h4-15,19H,3H2,1-2H3;. The minimum absolute atomic E-state index is 0.219. The Bertz CT molecular complexity index is 765. The maximum atomic E-state index is 5.72. The van der Waals surface area contributed by atoms with E-state index in [4.69, 9.17) is 4.74 Å². The van der Waals surface area contributed by atoms with Gasteiger partial charge in [0.05, 0.1) is 0 Å². The molecule has 1 heterocycles. The van der Waals surface area contributed by atoms with Crippen LogP contribution in [0.2, 0.25) is 0 Å². The van der Waals surface area contributed by atoms with Crippen LogP contribution in [0.15, 0.2) is 78.5 Å². The molecule has 0 saturated carbocycles. The van der Waals surface area contributed by atoms with Crippen LogP contribution in [0.1, 0.15) is 24.0 Å². The van der Waals surface area contributed by atoms with Crippen molar-refractivity contribution in [2.75, 3.05) is 13.7 Å². The maximum absolute atomic E-state index is 5.72. The third-order valence-corrected chi connectivity index (χ3v) is 5.65. The zero-order valence-corrected chi connectivity index (χ0v) is 16.9. The third-order valence-electron chi connectivity index (χ3n) is 4.26. The van der Waals surface area contributed by atoms with E-state index in [2.05, 4.69) is 84.8 Å². The number of hydrogen-bond donors (Lipinski definition) is 0. The van der Waals surface area contributed by atoms with E-state index >= 15 is 0 Å². The summed E-state index contributed by atoms with van der Waals surface area (Å²) in [5.41, 5.74) is 5.05. The fourth-order valence-electron chi connectivity index (χ4n) is 3.12. The molecule has 0 radical (unpaired) electrons. The van der Waals surface area contributed by atoms with Gasteiger partial charge in [-0.25, -0.2) is 0 Å². The Kier molecular flexibility index (Phi) is 5.60. The summed E-state index contributed by atoms with van der Waals surface area (Å²) in [6.45, 7) is 3.11. The second-order valence-electron chi connectivity index (χ2n) is 5.64. The van der Waals surface area contributed by atoms with Crippen LogP contribution >= 0.6 is 0 Å². The Hall–Kier alpha value is -1.76. The second kappa shape index (κ2) is 7.87. The van der Waals surface area contributed by atoms with E-state index in [1.807, 2.05) is 0 Å². The zero-order valence-electron chi connectivity index (χ0n) is 14.0. The van der Waals surface area contributed by atoms with Crippen LogP contribution in [0, 0.1) is 0 Å². The third kappa shape index (κ3) is 3.36. The van der Waals surface area contributed by atoms with Crippen LogP contribution < -0.4 is 0 Å². The summed E-state index contributed by atoms with van der Waals surface area (Å²) in [7, 11) is 1.77. The van der Waals surface area contributed by atoms with Crippen molar-refractivity contribution in [3.63, 3.8) is 0 Å². The molecule has 1 unspecified atom stereocenters. The number of hydrogen-bond acceptors (Lipinski definition) is 2. The average molecular weight is 487 g/mol. The first-order valence-electron chi connectivity index (χ1n) is 8.14. The molecule has 1 aliphatic rings. The van der Waals surface area contributed by atoms with E-state index < -0.39 is 0 Å². The van der Waals surface area contributed by atoms with Crippen LogP contribution in [-0.2, 0) is 24.1 Å². The first-order valence-corrected chi connectivity index (χ1v) is 9.60. The van der Waals surface area contributed by atoms with E-state index in [0.717, 1.165) is 10.6 Å². The molecule has 2 aromatic rings. The van der Waals surface area contributed by atoms with Gasteiger partial charge in [0.2, 0.25) is 0 Å². The molecule has 0 N–H and O–H groups in total.